The van der Waals surface area contributed by atoms with Crippen molar-refractivity contribution in [1.82, 2.24) is 30.2 Å². The highest BCUT2D eigenvalue weighted by atomic mass is 16.5. The molecule has 2 aromatic carbocycles. The molecule has 2 aromatic heterocycles. The Bertz CT molecular complexity index is 1630. The minimum atomic E-state index is -1.49. The molecule has 0 spiro atoms. The number of para-hydroxylation sites is 2. The number of H-pyrrole nitrogens is 2. The summed E-state index contributed by atoms with van der Waals surface area (Å²) < 4.78 is 5.98. The molecule has 234 valence electrons. The molecule has 0 aliphatic carbocycles. The van der Waals surface area contributed by atoms with Gasteiger partial charge in [-0.2, -0.15) is 0 Å². The fourth-order valence-corrected chi connectivity index (χ4v) is 4.39. The predicted molar refractivity (Wildman–Crippen MR) is 163 cm³/mol. The maximum Gasteiger partial charge on any atom is 0.408 e. The van der Waals surface area contributed by atoms with Gasteiger partial charge in [0.1, 0.15) is 19.2 Å². The Balaban J connectivity index is 1.21. The number of anilines is 1. The molecule has 4 aromatic rings. The van der Waals surface area contributed by atoms with Crippen molar-refractivity contribution in [1.29, 1.82) is 0 Å². The number of carbonyl (C=O) groups is 3. The first-order chi connectivity index (χ1) is 20.9. The smallest absolute Gasteiger partial charge is 0.408 e. The third-order valence-corrected chi connectivity index (χ3v) is 6.90. The van der Waals surface area contributed by atoms with Crippen molar-refractivity contribution in [3.05, 3.63) is 75.8 Å². The second-order valence-corrected chi connectivity index (χ2v) is 11.3. The second kappa shape index (κ2) is 13.8. The number of aromatic hydroxyl groups is 1. The maximum absolute atomic E-state index is 12.5. The minimum Gasteiger partial charge on any atom is -0.493 e. The van der Waals surface area contributed by atoms with Gasteiger partial charge in [-0.3, -0.25) is 9.36 Å². The molecule has 2 amide bonds. The number of ether oxygens (including phenoxy) is 1. The fourth-order valence-electron chi connectivity index (χ4n) is 4.39. The predicted octanol–water partition coefficient (Wildman–Crippen LogP) is 2.60. The summed E-state index contributed by atoms with van der Waals surface area (Å²) in [4.78, 5) is 58.8. The van der Waals surface area contributed by atoms with Gasteiger partial charge < -0.3 is 40.9 Å². The van der Waals surface area contributed by atoms with Gasteiger partial charge in [0.2, 0.25) is 17.7 Å². The van der Waals surface area contributed by atoms with E-state index < -0.39 is 42.8 Å². The molecule has 0 bridgehead atoms. The van der Waals surface area contributed by atoms with E-state index in [4.69, 9.17) is 4.74 Å². The third-order valence-electron chi connectivity index (χ3n) is 6.90. The van der Waals surface area contributed by atoms with Gasteiger partial charge in [-0.15, -0.1) is 0 Å². The lowest BCUT2D eigenvalue weighted by atomic mass is 9.87. The topological polar surface area (TPSA) is 203 Å². The van der Waals surface area contributed by atoms with E-state index in [9.17, 15) is 29.4 Å². The average Bonchev–Trinajstić information content (AvgIpc) is 3.51. The summed E-state index contributed by atoms with van der Waals surface area (Å²) in [6.45, 7) is 5.66. The number of carboxylic acids is 1. The van der Waals surface area contributed by atoms with E-state index in [0.717, 1.165) is 26.7 Å². The number of imidazole rings is 2. The maximum atomic E-state index is 12.5. The highest BCUT2D eigenvalue weighted by Crippen LogP contribution is 2.22. The number of carbonyl (C=O) groups excluding carboxylic acids is 2. The van der Waals surface area contributed by atoms with Gasteiger partial charge in [0.15, 0.2) is 0 Å². The van der Waals surface area contributed by atoms with Gasteiger partial charge in [-0.1, -0.05) is 57.2 Å². The number of amides is 2. The van der Waals surface area contributed by atoms with Gasteiger partial charge in [0.25, 0.3) is 0 Å². The number of aliphatic carboxylic acids is 1. The zero-order valence-electron chi connectivity index (χ0n) is 24.8. The second-order valence-electron chi connectivity index (χ2n) is 11.3. The summed E-state index contributed by atoms with van der Waals surface area (Å²) in [5.41, 5.74) is 3.12. The zero-order valence-corrected chi connectivity index (χ0v) is 24.8. The molecule has 0 aliphatic heterocycles. The van der Waals surface area contributed by atoms with Crippen LogP contribution in [0.5, 0.6) is 5.88 Å². The van der Waals surface area contributed by atoms with Gasteiger partial charge in [-0.05, 0) is 41.5 Å². The highest BCUT2D eigenvalue weighted by molar-refractivity contribution is 5.82. The number of benzene rings is 2. The molecule has 2 heterocycles. The van der Waals surface area contributed by atoms with Crippen molar-refractivity contribution in [2.75, 3.05) is 18.4 Å². The van der Waals surface area contributed by atoms with E-state index in [-0.39, 0.29) is 23.6 Å². The molecule has 0 saturated carbocycles. The van der Waals surface area contributed by atoms with Crippen molar-refractivity contribution in [3.63, 3.8) is 0 Å². The Morgan fingerprint density at radius 3 is 2.48 bits per heavy atom. The van der Waals surface area contributed by atoms with Crippen LogP contribution in [0.4, 0.5) is 10.7 Å². The summed E-state index contributed by atoms with van der Waals surface area (Å²) in [6, 6.07) is 13.6. The third kappa shape index (κ3) is 8.40. The van der Waals surface area contributed by atoms with E-state index in [0.29, 0.717) is 25.3 Å². The van der Waals surface area contributed by atoms with Crippen LogP contribution < -0.4 is 21.6 Å². The number of aromatic amines is 2. The van der Waals surface area contributed by atoms with Crippen LogP contribution in [0.25, 0.3) is 11.0 Å². The standard InChI is InChI=1S/C30H37N7O7/c1-30(2,3)19-12-10-18(11-13-19)17-44-29(43)36-23(26(40)41)15-32-24(38)16-37-25(39)22(35-28(37)42)9-6-14-31-27-33-20-7-4-5-8-21(20)34-27/h4-5,7-8,10-13,23,39H,6,9,14-17H2,1-3H3,(H,32,38)(H,35,42)(H,36,43)(H,40,41)(H2,31,33,34). The Labute approximate surface area is 252 Å². The van der Waals surface area contributed by atoms with Crippen molar-refractivity contribution in [2.24, 2.45) is 0 Å². The van der Waals surface area contributed by atoms with E-state index >= 15 is 0 Å². The number of nitrogens with zero attached hydrogens (tertiary/aromatic N) is 2. The Morgan fingerprint density at radius 2 is 1.80 bits per heavy atom. The number of alkyl carbamates (subject to hydrolysis) is 1. The molecule has 7 N–H and O–H groups in total. The number of hydrogen-bond acceptors (Lipinski definition) is 8. The number of aromatic nitrogens is 4. The number of rotatable bonds is 13. The minimum absolute atomic E-state index is 0.0268. The van der Waals surface area contributed by atoms with Gasteiger partial charge in [0, 0.05) is 13.1 Å². The molecular formula is C30H37N7O7. The Hall–Kier alpha value is -5.27. The molecule has 1 atom stereocenters. The van der Waals surface area contributed by atoms with Crippen molar-refractivity contribution in [2.45, 2.75) is 58.2 Å². The summed E-state index contributed by atoms with van der Waals surface area (Å²) in [6.07, 6.45) is -0.108. The van der Waals surface area contributed by atoms with Crippen LogP contribution in [-0.2, 0) is 39.3 Å². The van der Waals surface area contributed by atoms with Crippen LogP contribution in [0.3, 0.4) is 0 Å². The van der Waals surface area contributed by atoms with Crippen LogP contribution in [0, 0.1) is 0 Å². The normalized spacial score (nSPS) is 12.1. The number of hydrogen-bond donors (Lipinski definition) is 7. The molecule has 0 saturated heterocycles. The van der Waals surface area contributed by atoms with Crippen molar-refractivity contribution in [3.8, 4) is 5.88 Å². The van der Waals surface area contributed by atoms with Crippen LogP contribution in [0.2, 0.25) is 0 Å². The molecule has 14 heteroatoms. The lowest BCUT2D eigenvalue weighted by Crippen LogP contribution is -2.49. The molecule has 1 unspecified atom stereocenters. The van der Waals surface area contributed by atoms with Gasteiger partial charge in [0.05, 0.1) is 16.7 Å². The van der Waals surface area contributed by atoms with Crippen molar-refractivity contribution < 1.29 is 29.3 Å². The zero-order chi connectivity index (χ0) is 31.9. The molecule has 4 rings (SSSR count). The average molecular weight is 608 g/mol. The number of carboxylic acid groups (broad SMARTS) is 1. The molecule has 44 heavy (non-hydrogen) atoms. The summed E-state index contributed by atoms with van der Waals surface area (Å²) >= 11 is 0. The lowest BCUT2D eigenvalue weighted by Gasteiger charge is -2.19. The summed E-state index contributed by atoms with van der Waals surface area (Å²) in [5.74, 6) is -1.91. The number of aryl methyl sites for hydroxylation is 1. The van der Waals surface area contributed by atoms with Crippen LogP contribution in [-0.4, -0.2) is 66.8 Å². The highest BCUT2D eigenvalue weighted by Gasteiger charge is 2.23. The van der Waals surface area contributed by atoms with E-state index in [2.05, 4.69) is 51.7 Å². The first-order valence-electron chi connectivity index (χ1n) is 14.1. The first-order valence-corrected chi connectivity index (χ1v) is 14.1. The molecule has 14 nitrogen and oxygen atoms in total. The lowest BCUT2D eigenvalue weighted by molar-refractivity contribution is -0.139. The van der Waals surface area contributed by atoms with Crippen LogP contribution in [0.15, 0.2) is 53.3 Å². The first kappa shape index (κ1) is 31.7. The van der Waals surface area contributed by atoms with E-state index in [1.807, 2.05) is 48.5 Å². The number of fused-ring (bicyclic) bond motifs is 1. The van der Waals surface area contributed by atoms with Gasteiger partial charge in [-0.25, -0.2) is 19.4 Å². The molecule has 0 fully saturated rings. The quantitative estimate of drug-likeness (QED) is 0.111. The summed E-state index contributed by atoms with van der Waals surface area (Å²) in [7, 11) is 0. The largest absolute Gasteiger partial charge is 0.493 e. The van der Waals surface area contributed by atoms with Crippen LogP contribution >= 0.6 is 0 Å². The summed E-state index contributed by atoms with van der Waals surface area (Å²) in [5, 5.41) is 27.7. The SMILES string of the molecule is CC(C)(C)c1ccc(COC(=O)NC(CNC(=O)Cn2c(O)c(CCCNc3nc4ccccc4[nH]3)[nH]c2=O)C(=O)O)cc1. The van der Waals surface area contributed by atoms with Gasteiger partial charge >= 0.3 is 17.8 Å². The van der Waals surface area contributed by atoms with Crippen molar-refractivity contribution >= 4 is 35.0 Å². The monoisotopic (exact) mass is 607 g/mol. The van der Waals surface area contributed by atoms with Crippen LogP contribution in [0.1, 0.15) is 44.0 Å². The Morgan fingerprint density at radius 1 is 1.07 bits per heavy atom. The fraction of sp³-hybridized carbons (Fsp3) is 0.367. The number of nitrogens with one attached hydrogen (secondary N) is 5. The molecule has 0 radical (unpaired) electrons. The van der Waals surface area contributed by atoms with E-state index in [1.165, 1.54) is 0 Å². The Kier molecular flexibility index (Phi) is 9.93. The van der Waals surface area contributed by atoms with E-state index in [1.54, 1.807) is 0 Å². The molecule has 0 aliphatic rings. The molecular weight excluding hydrogens is 570 g/mol.